The van der Waals surface area contributed by atoms with Crippen LogP contribution in [0.3, 0.4) is 0 Å². The standard InChI is InChI=1S/C18H16FN3OS/c1-11-4-2-3-5-14(11)20-17(23)12-9-22(10-12)18-21-15-7-6-13(19)8-16(15)24-18/h2-8,12H,9-10H2,1H3,(H,20,23). The average molecular weight is 341 g/mol. The smallest absolute Gasteiger partial charge is 0.231 e. The Morgan fingerprint density at radius 3 is 2.88 bits per heavy atom. The first-order chi connectivity index (χ1) is 11.6. The van der Waals surface area contributed by atoms with Crippen molar-refractivity contribution in [3.05, 3.63) is 53.8 Å². The molecule has 1 fully saturated rings. The number of hydrogen-bond acceptors (Lipinski definition) is 4. The monoisotopic (exact) mass is 341 g/mol. The molecule has 1 aromatic heterocycles. The number of aromatic nitrogens is 1. The molecule has 0 unspecified atom stereocenters. The fourth-order valence-corrected chi connectivity index (χ4v) is 3.78. The van der Waals surface area contributed by atoms with Gasteiger partial charge in [-0.3, -0.25) is 4.79 Å². The molecule has 4 nitrogen and oxygen atoms in total. The summed E-state index contributed by atoms with van der Waals surface area (Å²) in [6.07, 6.45) is 0. The first-order valence-electron chi connectivity index (χ1n) is 7.78. The maximum absolute atomic E-state index is 13.3. The molecule has 24 heavy (non-hydrogen) atoms. The van der Waals surface area contributed by atoms with Gasteiger partial charge >= 0.3 is 0 Å². The molecule has 3 aromatic rings. The number of halogens is 1. The second-order valence-corrected chi connectivity index (χ2v) is 7.02. The van der Waals surface area contributed by atoms with Crippen molar-refractivity contribution in [2.24, 2.45) is 5.92 Å². The molecule has 2 aromatic carbocycles. The normalized spacial score (nSPS) is 14.7. The minimum Gasteiger partial charge on any atom is -0.346 e. The zero-order valence-electron chi connectivity index (χ0n) is 13.1. The summed E-state index contributed by atoms with van der Waals surface area (Å²) in [7, 11) is 0. The van der Waals surface area contributed by atoms with E-state index in [1.165, 1.54) is 23.5 Å². The van der Waals surface area contributed by atoms with Crippen LogP contribution in [0.5, 0.6) is 0 Å². The van der Waals surface area contributed by atoms with Gasteiger partial charge in [-0.25, -0.2) is 9.37 Å². The lowest BCUT2D eigenvalue weighted by Crippen LogP contribution is -2.52. The number of hydrogen-bond donors (Lipinski definition) is 1. The summed E-state index contributed by atoms with van der Waals surface area (Å²) < 4.78 is 14.1. The SMILES string of the molecule is Cc1ccccc1NC(=O)C1CN(c2nc3ccc(F)cc3s2)C1. The Kier molecular flexibility index (Phi) is 3.69. The van der Waals surface area contributed by atoms with Gasteiger partial charge in [-0.05, 0) is 36.8 Å². The van der Waals surface area contributed by atoms with Crippen LogP contribution in [-0.2, 0) is 4.79 Å². The minimum absolute atomic E-state index is 0.0349. The van der Waals surface area contributed by atoms with E-state index in [0.717, 1.165) is 26.6 Å². The predicted molar refractivity (Wildman–Crippen MR) is 95.1 cm³/mol. The van der Waals surface area contributed by atoms with Gasteiger partial charge < -0.3 is 10.2 Å². The van der Waals surface area contributed by atoms with Crippen LogP contribution in [0.4, 0.5) is 15.2 Å². The van der Waals surface area contributed by atoms with Gasteiger partial charge in [0.15, 0.2) is 5.13 Å². The molecule has 1 aliphatic rings. The Bertz CT molecular complexity index is 918. The number of anilines is 2. The molecule has 0 radical (unpaired) electrons. The first-order valence-corrected chi connectivity index (χ1v) is 8.59. The van der Waals surface area contributed by atoms with Crippen molar-refractivity contribution in [2.75, 3.05) is 23.3 Å². The topological polar surface area (TPSA) is 45.2 Å². The fraction of sp³-hybridized carbons (Fsp3) is 0.222. The Labute approximate surface area is 142 Å². The number of thiazole rings is 1. The molecule has 1 N–H and O–H groups in total. The molecule has 122 valence electrons. The van der Waals surface area contributed by atoms with Crippen LogP contribution < -0.4 is 10.2 Å². The summed E-state index contributed by atoms with van der Waals surface area (Å²) in [5.41, 5.74) is 2.70. The molecular weight excluding hydrogens is 325 g/mol. The summed E-state index contributed by atoms with van der Waals surface area (Å²) in [5, 5.41) is 3.83. The number of carbonyl (C=O) groups is 1. The first kappa shape index (κ1) is 15.1. The molecule has 0 aliphatic carbocycles. The molecule has 0 spiro atoms. The molecule has 1 amide bonds. The Morgan fingerprint density at radius 1 is 1.29 bits per heavy atom. The summed E-state index contributed by atoms with van der Waals surface area (Å²) in [5.74, 6) is -0.266. The van der Waals surface area contributed by atoms with Gasteiger partial charge in [-0.2, -0.15) is 0 Å². The quantitative estimate of drug-likeness (QED) is 0.788. The summed E-state index contributed by atoms with van der Waals surface area (Å²) in [4.78, 5) is 18.9. The largest absolute Gasteiger partial charge is 0.346 e. The van der Waals surface area contributed by atoms with Gasteiger partial charge in [-0.1, -0.05) is 29.5 Å². The van der Waals surface area contributed by atoms with E-state index in [9.17, 15) is 9.18 Å². The minimum atomic E-state index is -0.253. The van der Waals surface area contributed by atoms with Crippen molar-refractivity contribution in [1.82, 2.24) is 4.98 Å². The average Bonchev–Trinajstić information content (AvgIpc) is 2.90. The van der Waals surface area contributed by atoms with Crippen LogP contribution >= 0.6 is 11.3 Å². The molecule has 6 heteroatoms. The number of fused-ring (bicyclic) bond motifs is 1. The predicted octanol–water partition coefficient (Wildman–Crippen LogP) is 3.82. The van der Waals surface area contributed by atoms with E-state index < -0.39 is 0 Å². The highest BCUT2D eigenvalue weighted by atomic mass is 32.1. The number of para-hydroxylation sites is 1. The maximum Gasteiger partial charge on any atom is 0.231 e. The van der Waals surface area contributed by atoms with Crippen molar-refractivity contribution >= 4 is 38.3 Å². The van der Waals surface area contributed by atoms with E-state index in [4.69, 9.17) is 0 Å². The molecule has 0 saturated carbocycles. The van der Waals surface area contributed by atoms with E-state index in [1.54, 1.807) is 6.07 Å². The van der Waals surface area contributed by atoms with Crippen molar-refractivity contribution in [3.8, 4) is 0 Å². The lowest BCUT2D eigenvalue weighted by atomic mass is 10.00. The van der Waals surface area contributed by atoms with Gasteiger partial charge in [0.2, 0.25) is 5.91 Å². The third-order valence-corrected chi connectivity index (χ3v) is 5.34. The van der Waals surface area contributed by atoms with Crippen LogP contribution in [0.1, 0.15) is 5.56 Å². The van der Waals surface area contributed by atoms with Gasteiger partial charge in [0, 0.05) is 18.8 Å². The van der Waals surface area contributed by atoms with Gasteiger partial charge in [0.05, 0.1) is 16.1 Å². The Balaban J connectivity index is 1.42. The van der Waals surface area contributed by atoms with Crippen LogP contribution in [0, 0.1) is 18.7 Å². The number of carbonyl (C=O) groups excluding carboxylic acids is 1. The van der Waals surface area contributed by atoms with Gasteiger partial charge in [-0.15, -0.1) is 0 Å². The summed E-state index contributed by atoms with van der Waals surface area (Å²) in [6.45, 7) is 3.25. The highest BCUT2D eigenvalue weighted by Crippen LogP contribution is 2.33. The van der Waals surface area contributed by atoms with E-state index in [0.29, 0.717) is 13.1 Å². The van der Waals surface area contributed by atoms with Crippen LogP contribution in [-0.4, -0.2) is 24.0 Å². The molecule has 0 atom stereocenters. The van der Waals surface area contributed by atoms with E-state index in [2.05, 4.69) is 15.2 Å². The van der Waals surface area contributed by atoms with Crippen LogP contribution in [0.15, 0.2) is 42.5 Å². The van der Waals surface area contributed by atoms with Crippen LogP contribution in [0.25, 0.3) is 10.2 Å². The lowest BCUT2D eigenvalue weighted by molar-refractivity contribution is -0.120. The van der Waals surface area contributed by atoms with E-state index in [1.807, 2.05) is 31.2 Å². The third kappa shape index (κ3) is 2.73. The summed E-state index contributed by atoms with van der Waals surface area (Å²) >= 11 is 1.46. The molecular formula is C18H16FN3OS. The zero-order chi connectivity index (χ0) is 16.7. The maximum atomic E-state index is 13.3. The molecule has 1 aliphatic heterocycles. The van der Waals surface area contributed by atoms with Crippen molar-refractivity contribution < 1.29 is 9.18 Å². The van der Waals surface area contributed by atoms with E-state index in [-0.39, 0.29) is 17.6 Å². The Morgan fingerprint density at radius 2 is 2.08 bits per heavy atom. The second kappa shape index (κ2) is 5.87. The summed E-state index contributed by atoms with van der Waals surface area (Å²) in [6, 6.07) is 12.3. The van der Waals surface area contributed by atoms with Gasteiger partial charge in [0.1, 0.15) is 5.82 Å². The van der Waals surface area contributed by atoms with Crippen molar-refractivity contribution in [1.29, 1.82) is 0 Å². The van der Waals surface area contributed by atoms with Crippen molar-refractivity contribution in [2.45, 2.75) is 6.92 Å². The zero-order valence-corrected chi connectivity index (χ0v) is 13.9. The number of rotatable bonds is 3. The molecule has 0 bridgehead atoms. The van der Waals surface area contributed by atoms with E-state index >= 15 is 0 Å². The number of aryl methyl sites for hydroxylation is 1. The number of nitrogens with zero attached hydrogens (tertiary/aromatic N) is 2. The molecule has 4 rings (SSSR count). The highest BCUT2D eigenvalue weighted by Gasteiger charge is 2.34. The second-order valence-electron chi connectivity index (χ2n) is 6.01. The lowest BCUT2D eigenvalue weighted by Gasteiger charge is -2.38. The Hall–Kier alpha value is -2.47. The fourth-order valence-electron chi connectivity index (χ4n) is 2.77. The number of nitrogens with one attached hydrogen (secondary N) is 1. The van der Waals surface area contributed by atoms with Crippen molar-refractivity contribution in [3.63, 3.8) is 0 Å². The molecule has 2 heterocycles. The third-order valence-electron chi connectivity index (χ3n) is 4.26. The highest BCUT2D eigenvalue weighted by molar-refractivity contribution is 7.22. The van der Waals surface area contributed by atoms with Crippen LogP contribution in [0.2, 0.25) is 0 Å². The number of amides is 1. The van der Waals surface area contributed by atoms with Gasteiger partial charge in [0.25, 0.3) is 0 Å². The number of benzene rings is 2. The molecule has 1 saturated heterocycles.